The molecule has 0 spiro atoms. The summed E-state index contributed by atoms with van der Waals surface area (Å²) in [6.45, 7) is 3.96. The van der Waals surface area contributed by atoms with Crippen molar-refractivity contribution < 1.29 is 17.6 Å². The fraction of sp³-hybridized carbons (Fsp3) is 0.240. The zero-order valence-electron chi connectivity index (χ0n) is 21.0. The first-order chi connectivity index (χ1) is 18.1. The van der Waals surface area contributed by atoms with E-state index in [1.54, 1.807) is 26.2 Å². The number of hydrogen-bond donors (Lipinski definition) is 1. The first-order valence-electron chi connectivity index (χ1n) is 11.7. The molecule has 9 nitrogen and oxygen atoms in total. The van der Waals surface area contributed by atoms with Gasteiger partial charge in [0.05, 0.1) is 29.2 Å². The summed E-state index contributed by atoms with van der Waals surface area (Å²) in [7, 11) is 1.59. The second-order valence-electron chi connectivity index (χ2n) is 9.20. The number of hydrogen-bond acceptors (Lipinski definition) is 6. The van der Waals surface area contributed by atoms with Crippen molar-refractivity contribution in [3.63, 3.8) is 0 Å². The van der Waals surface area contributed by atoms with Crippen LogP contribution in [0.15, 0.2) is 48.9 Å². The van der Waals surface area contributed by atoms with Gasteiger partial charge in [0, 0.05) is 31.5 Å². The van der Waals surface area contributed by atoms with Gasteiger partial charge < -0.3 is 9.88 Å². The minimum absolute atomic E-state index is 0. The molecule has 1 aromatic carbocycles. The maximum Gasteiger partial charge on any atom is 0.334 e. The fourth-order valence-electron chi connectivity index (χ4n) is 4.73. The Kier molecular flexibility index (Phi) is 6.45. The Balaban J connectivity index is 0.00000308. The maximum atomic E-state index is 15.5. The molecule has 0 unspecified atom stereocenters. The van der Waals surface area contributed by atoms with E-state index in [0.29, 0.717) is 23.5 Å². The third-order valence-corrected chi connectivity index (χ3v) is 6.59. The van der Waals surface area contributed by atoms with Gasteiger partial charge >= 0.3 is 5.92 Å². The molecule has 1 aliphatic rings. The molecule has 0 amide bonds. The summed E-state index contributed by atoms with van der Waals surface area (Å²) in [5.41, 5.74) is 1.82. The molecule has 0 fully saturated rings. The molecule has 6 rings (SSSR count). The van der Waals surface area contributed by atoms with E-state index in [9.17, 15) is 8.78 Å². The molecular formula is C25H23F4N9S. The Labute approximate surface area is 227 Å². The fourth-order valence-corrected chi connectivity index (χ4v) is 4.73. The number of fused-ring (bicyclic) bond motifs is 3. The number of alkyl halides is 2. The van der Waals surface area contributed by atoms with Crippen molar-refractivity contribution in [1.82, 2.24) is 39.1 Å². The number of nitrogens with zero attached hydrogens (tertiary/aromatic N) is 8. The van der Waals surface area contributed by atoms with Gasteiger partial charge in [-0.3, -0.25) is 4.57 Å². The van der Waals surface area contributed by atoms with Crippen molar-refractivity contribution in [2.24, 2.45) is 7.05 Å². The van der Waals surface area contributed by atoms with E-state index in [-0.39, 0.29) is 31.1 Å². The van der Waals surface area contributed by atoms with Crippen LogP contribution in [0.5, 0.6) is 0 Å². The first kappa shape index (κ1) is 26.4. The van der Waals surface area contributed by atoms with Crippen LogP contribution in [-0.2, 0) is 19.5 Å². The molecular weight excluding hydrogens is 534 g/mol. The molecule has 5 aromatic rings. The van der Waals surface area contributed by atoms with Crippen LogP contribution < -0.4 is 5.32 Å². The molecule has 0 saturated carbocycles. The van der Waals surface area contributed by atoms with Crippen LogP contribution in [0.25, 0.3) is 22.8 Å². The standard InChI is InChI=1S/C25H21F4N9.H2S/c1-13-9-30-24(33-21-18(27)10-31-36(21)3)32-20(13)15-8-19-22-34-35-23(38(22)14(2)11-37(19)12-15)25(28,29)16-6-4-5-7-17(16)26;/h4-10,12,14H,11H2,1-3H3,(H,30,32,33);1H2/t14-;/m0./s1. The smallest absolute Gasteiger partial charge is 0.334 e. The summed E-state index contributed by atoms with van der Waals surface area (Å²) >= 11 is 0. The Morgan fingerprint density at radius 3 is 2.56 bits per heavy atom. The Morgan fingerprint density at radius 2 is 1.85 bits per heavy atom. The lowest BCUT2D eigenvalue weighted by molar-refractivity contribution is 0.0231. The van der Waals surface area contributed by atoms with E-state index in [0.717, 1.165) is 23.9 Å². The summed E-state index contributed by atoms with van der Waals surface area (Å²) in [6.07, 6.45) is 4.54. The Hall–Kier alpha value is -4.20. The average molecular weight is 558 g/mol. The third kappa shape index (κ3) is 4.24. The second kappa shape index (κ2) is 9.52. The van der Waals surface area contributed by atoms with Crippen LogP contribution in [0.3, 0.4) is 0 Å². The van der Waals surface area contributed by atoms with Crippen LogP contribution in [0.2, 0.25) is 0 Å². The predicted octanol–water partition coefficient (Wildman–Crippen LogP) is 5.09. The highest BCUT2D eigenvalue weighted by atomic mass is 32.1. The molecule has 0 radical (unpaired) electrons. The van der Waals surface area contributed by atoms with Crippen LogP contribution in [0.4, 0.5) is 29.3 Å². The van der Waals surface area contributed by atoms with Crippen molar-refractivity contribution in [2.75, 3.05) is 5.32 Å². The van der Waals surface area contributed by atoms with Gasteiger partial charge in [-0.05, 0) is 37.6 Å². The molecule has 39 heavy (non-hydrogen) atoms. The molecule has 0 bridgehead atoms. The SMILES string of the molecule is Cc1cnc(Nc2c(F)cnn2C)nc1-c1cc2n(c1)C[C@H](C)n1c-2nnc1C(F)(F)c1ccccc1F.S. The molecule has 14 heteroatoms. The number of aryl methyl sites for hydroxylation is 2. The Morgan fingerprint density at radius 1 is 1.08 bits per heavy atom. The van der Waals surface area contributed by atoms with E-state index >= 15 is 8.78 Å². The minimum Gasteiger partial charge on any atom is -0.342 e. The largest absolute Gasteiger partial charge is 0.342 e. The number of anilines is 2. The predicted molar refractivity (Wildman–Crippen MR) is 140 cm³/mol. The maximum absolute atomic E-state index is 15.5. The zero-order valence-corrected chi connectivity index (χ0v) is 22.0. The van der Waals surface area contributed by atoms with Crippen LogP contribution >= 0.6 is 13.5 Å². The van der Waals surface area contributed by atoms with E-state index in [1.807, 2.05) is 17.7 Å². The van der Waals surface area contributed by atoms with Gasteiger partial charge in [0.25, 0.3) is 0 Å². The van der Waals surface area contributed by atoms with Crippen molar-refractivity contribution in [3.8, 4) is 22.8 Å². The number of rotatable bonds is 5. The summed E-state index contributed by atoms with van der Waals surface area (Å²) in [4.78, 5) is 8.80. The van der Waals surface area contributed by atoms with Crippen LogP contribution in [0.1, 0.15) is 29.9 Å². The normalized spacial score (nSPS) is 14.5. The topological polar surface area (TPSA) is 91.3 Å². The van der Waals surface area contributed by atoms with E-state index in [1.165, 1.54) is 21.4 Å². The molecule has 5 heterocycles. The molecule has 0 saturated heterocycles. The van der Waals surface area contributed by atoms with Crippen molar-refractivity contribution in [2.45, 2.75) is 32.4 Å². The van der Waals surface area contributed by atoms with Crippen molar-refractivity contribution in [1.29, 1.82) is 0 Å². The van der Waals surface area contributed by atoms with Gasteiger partial charge in [-0.2, -0.15) is 27.4 Å². The lowest BCUT2D eigenvalue weighted by atomic mass is 10.1. The summed E-state index contributed by atoms with van der Waals surface area (Å²) < 4.78 is 63.9. The van der Waals surface area contributed by atoms with Gasteiger partial charge in [0.2, 0.25) is 11.8 Å². The third-order valence-electron chi connectivity index (χ3n) is 6.59. The lowest BCUT2D eigenvalue weighted by Gasteiger charge is -2.27. The molecule has 0 aliphatic carbocycles. The van der Waals surface area contributed by atoms with Gasteiger partial charge in [-0.25, -0.2) is 23.4 Å². The highest BCUT2D eigenvalue weighted by molar-refractivity contribution is 7.59. The molecule has 1 N–H and O–H groups in total. The minimum atomic E-state index is -3.69. The summed E-state index contributed by atoms with van der Waals surface area (Å²) in [6, 6.07) is 6.10. The van der Waals surface area contributed by atoms with Gasteiger partial charge in [0.1, 0.15) is 5.82 Å². The summed E-state index contributed by atoms with van der Waals surface area (Å²) in [5, 5.41) is 14.6. The number of nitrogens with one attached hydrogen (secondary N) is 1. The summed E-state index contributed by atoms with van der Waals surface area (Å²) in [5.74, 6) is -5.35. The van der Waals surface area contributed by atoms with Gasteiger partial charge in [-0.15, -0.1) is 10.2 Å². The highest BCUT2D eigenvalue weighted by Crippen LogP contribution is 2.42. The second-order valence-corrected chi connectivity index (χ2v) is 9.20. The number of aromatic nitrogens is 8. The molecule has 202 valence electrons. The monoisotopic (exact) mass is 557 g/mol. The highest BCUT2D eigenvalue weighted by Gasteiger charge is 2.44. The zero-order chi connectivity index (χ0) is 26.8. The van der Waals surface area contributed by atoms with E-state index in [4.69, 9.17) is 0 Å². The van der Waals surface area contributed by atoms with Crippen LogP contribution in [-0.4, -0.2) is 39.1 Å². The molecule has 4 aromatic heterocycles. The van der Waals surface area contributed by atoms with E-state index < -0.39 is 35.0 Å². The first-order valence-corrected chi connectivity index (χ1v) is 11.7. The van der Waals surface area contributed by atoms with Gasteiger partial charge in [0.15, 0.2) is 17.5 Å². The van der Waals surface area contributed by atoms with E-state index in [2.05, 4.69) is 30.6 Å². The van der Waals surface area contributed by atoms with Crippen molar-refractivity contribution in [3.05, 3.63) is 77.5 Å². The lowest BCUT2D eigenvalue weighted by Crippen LogP contribution is -2.28. The van der Waals surface area contributed by atoms with Crippen LogP contribution in [0, 0.1) is 18.6 Å². The average Bonchev–Trinajstić information content (AvgIpc) is 3.59. The number of benzene rings is 1. The van der Waals surface area contributed by atoms with Crippen molar-refractivity contribution >= 4 is 25.3 Å². The number of halogens is 4. The Bertz CT molecular complexity index is 1670. The van der Waals surface area contributed by atoms with Gasteiger partial charge in [-0.1, -0.05) is 12.1 Å². The molecule has 1 atom stereocenters. The quantitative estimate of drug-likeness (QED) is 0.303. The molecule has 1 aliphatic heterocycles.